The molecule has 1 fully saturated rings. The highest BCUT2D eigenvalue weighted by molar-refractivity contribution is 7.89. The van der Waals surface area contributed by atoms with Crippen molar-refractivity contribution < 1.29 is 25.6 Å². The first-order chi connectivity index (χ1) is 12.6. The zero-order chi connectivity index (χ0) is 19.8. The summed E-state index contributed by atoms with van der Waals surface area (Å²) in [6.45, 7) is -0.169. The molecule has 12 heteroatoms. The minimum absolute atomic E-state index is 0.00263. The van der Waals surface area contributed by atoms with Crippen LogP contribution in [-0.4, -0.2) is 61.4 Å². The van der Waals surface area contributed by atoms with Crippen LogP contribution in [0.3, 0.4) is 0 Å². The maximum Gasteiger partial charge on any atom is 0.246 e. The molecular weight excluding hydrogens is 402 g/mol. The number of hydrogen-bond acceptors (Lipinski definition) is 5. The normalized spacial score (nSPS) is 17.7. The van der Waals surface area contributed by atoms with Gasteiger partial charge in [-0.05, 0) is 24.6 Å². The number of hydrogen-bond donors (Lipinski definition) is 0. The smallest absolute Gasteiger partial charge is 0.246 e. The van der Waals surface area contributed by atoms with Crippen LogP contribution in [0.25, 0.3) is 0 Å². The zero-order valence-corrected chi connectivity index (χ0v) is 16.0. The predicted molar refractivity (Wildman–Crippen MR) is 91.7 cm³/mol. The van der Waals surface area contributed by atoms with E-state index in [2.05, 4.69) is 5.10 Å². The van der Waals surface area contributed by atoms with Crippen molar-refractivity contribution in [3.63, 3.8) is 0 Å². The highest BCUT2D eigenvalue weighted by Crippen LogP contribution is 2.23. The molecule has 0 aliphatic carbocycles. The zero-order valence-electron chi connectivity index (χ0n) is 14.4. The molecule has 2 aromatic rings. The summed E-state index contributed by atoms with van der Waals surface area (Å²) >= 11 is 0. The second-order valence-electron chi connectivity index (χ2n) is 6.09. The molecule has 1 aliphatic rings. The second-order valence-corrected chi connectivity index (χ2v) is 9.93. The Morgan fingerprint density at radius 3 is 2.19 bits per heavy atom. The van der Waals surface area contributed by atoms with Gasteiger partial charge >= 0.3 is 0 Å². The first kappa shape index (κ1) is 19.9. The number of sulfonamides is 2. The Kier molecular flexibility index (Phi) is 5.34. The molecule has 0 N–H and O–H groups in total. The lowest BCUT2D eigenvalue weighted by molar-refractivity contribution is 0.402. The quantitative estimate of drug-likeness (QED) is 0.729. The minimum Gasteiger partial charge on any atom is -0.274 e. The van der Waals surface area contributed by atoms with E-state index in [-0.39, 0.29) is 37.5 Å². The van der Waals surface area contributed by atoms with E-state index < -0.39 is 36.6 Å². The Labute approximate surface area is 156 Å². The molecule has 27 heavy (non-hydrogen) atoms. The first-order valence-electron chi connectivity index (χ1n) is 8.06. The molecule has 1 aromatic heterocycles. The summed E-state index contributed by atoms with van der Waals surface area (Å²) in [4.78, 5) is -0.747. The van der Waals surface area contributed by atoms with Crippen LogP contribution in [0, 0.1) is 11.6 Å². The van der Waals surface area contributed by atoms with Gasteiger partial charge in [-0.25, -0.2) is 25.6 Å². The number of rotatable bonds is 4. The maximum absolute atomic E-state index is 13.9. The molecule has 0 spiro atoms. The molecule has 0 radical (unpaired) electrons. The molecule has 1 saturated heterocycles. The van der Waals surface area contributed by atoms with Gasteiger partial charge in [0.15, 0.2) is 0 Å². The lowest BCUT2D eigenvalue weighted by atomic mass is 10.3. The van der Waals surface area contributed by atoms with Crippen molar-refractivity contribution in [2.24, 2.45) is 7.05 Å². The minimum atomic E-state index is -4.29. The van der Waals surface area contributed by atoms with Gasteiger partial charge < -0.3 is 0 Å². The molecule has 0 unspecified atom stereocenters. The summed E-state index contributed by atoms with van der Waals surface area (Å²) in [5.74, 6) is -1.92. The van der Waals surface area contributed by atoms with Crippen LogP contribution < -0.4 is 0 Å². The fourth-order valence-corrected chi connectivity index (χ4v) is 5.85. The molecule has 148 valence electrons. The monoisotopic (exact) mass is 420 g/mol. The van der Waals surface area contributed by atoms with Crippen molar-refractivity contribution in [2.75, 3.05) is 26.2 Å². The number of nitrogens with zero attached hydrogens (tertiary/aromatic N) is 4. The van der Waals surface area contributed by atoms with Crippen LogP contribution in [-0.2, 0) is 27.1 Å². The van der Waals surface area contributed by atoms with Crippen LogP contribution in [0.4, 0.5) is 8.78 Å². The third-order valence-corrected chi connectivity index (χ3v) is 8.01. The third kappa shape index (κ3) is 3.88. The van der Waals surface area contributed by atoms with Gasteiger partial charge in [-0.15, -0.1) is 0 Å². The lowest BCUT2D eigenvalue weighted by Gasteiger charge is -2.21. The van der Waals surface area contributed by atoms with Crippen LogP contribution in [0.2, 0.25) is 0 Å². The van der Waals surface area contributed by atoms with Gasteiger partial charge in [0.25, 0.3) is 0 Å². The average molecular weight is 420 g/mol. The van der Waals surface area contributed by atoms with E-state index in [0.717, 1.165) is 16.4 Å². The molecule has 0 saturated carbocycles. The van der Waals surface area contributed by atoms with Crippen molar-refractivity contribution in [2.45, 2.75) is 16.2 Å². The van der Waals surface area contributed by atoms with Gasteiger partial charge in [-0.3, -0.25) is 4.68 Å². The van der Waals surface area contributed by atoms with E-state index in [4.69, 9.17) is 0 Å². The third-order valence-electron chi connectivity index (χ3n) is 4.24. The van der Waals surface area contributed by atoms with E-state index in [1.165, 1.54) is 21.4 Å². The van der Waals surface area contributed by atoms with E-state index in [1.807, 2.05) is 0 Å². The van der Waals surface area contributed by atoms with Gasteiger partial charge in [0.05, 0.1) is 6.20 Å². The summed E-state index contributed by atoms with van der Waals surface area (Å²) in [7, 11) is -6.52. The van der Waals surface area contributed by atoms with Gasteiger partial charge in [0, 0.05) is 39.4 Å². The van der Waals surface area contributed by atoms with Crippen molar-refractivity contribution in [1.29, 1.82) is 0 Å². The maximum atomic E-state index is 13.9. The SMILES string of the molecule is Cn1cc(S(=O)(=O)N2CCCN(S(=O)(=O)c3cc(F)ccc3F)CC2)cn1. The standard InChI is InChI=1S/C15H18F2N4O4S2/c1-19-11-13(10-18-19)26(22,23)20-5-2-6-21(8-7-20)27(24,25)15-9-12(16)3-4-14(15)17/h3-4,9-11H,2,5-8H2,1H3. The van der Waals surface area contributed by atoms with Gasteiger partial charge in [0.2, 0.25) is 20.0 Å². The average Bonchev–Trinajstić information content (AvgIpc) is 2.89. The number of benzene rings is 1. The highest BCUT2D eigenvalue weighted by atomic mass is 32.2. The van der Waals surface area contributed by atoms with E-state index in [0.29, 0.717) is 6.07 Å². The molecule has 3 rings (SSSR count). The molecule has 0 bridgehead atoms. The Hall–Kier alpha value is -1.89. The van der Waals surface area contributed by atoms with Crippen molar-refractivity contribution in [3.8, 4) is 0 Å². The predicted octanol–water partition coefficient (Wildman–Crippen LogP) is 0.784. The fraction of sp³-hybridized carbons (Fsp3) is 0.400. The van der Waals surface area contributed by atoms with Gasteiger partial charge in [0.1, 0.15) is 21.4 Å². The Morgan fingerprint density at radius 2 is 1.59 bits per heavy atom. The molecular formula is C15H18F2N4O4S2. The van der Waals surface area contributed by atoms with Crippen molar-refractivity contribution >= 4 is 20.0 Å². The van der Waals surface area contributed by atoms with Crippen molar-refractivity contribution in [1.82, 2.24) is 18.4 Å². The summed E-state index contributed by atoms with van der Waals surface area (Å²) in [5.41, 5.74) is 0. The van der Waals surface area contributed by atoms with Crippen LogP contribution in [0.5, 0.6) is 0 Å². The van der Waals surface area contributed by atoms with Gasteiger partial charge in [-0.2, -0.15) is 13.7 Å². The topological polar surface area (TPSA) is 92.6 Å². The van der Waals surface area contributed by atoms with Crippen LogP contribution in [0.1, 0.15) is 6.42 Å². The van der Waals surface area contributed by atoms with E-state index >= 15 is 0 Å². The summed E-state index contributed by atoms with van der Waals surface area (Å²) < 4.78 is 81.5. The van der Waals surface area contributed by atoms with E-state index in [1.54, 1.807) is 7.05 Å². The Bertz CT molecular complexity index is 1050. The number of halogens is 2. The first-order valence-corrected chi connectivity index (χ1v) is 10.9. The van der Waals surface area contributed by atoms with Gasteiger partial charge in [-0.1, -0.05) is 0 Å². The molecule has 8 nitrogen and oxygen atoms in total. The van der Waals surface area contributed by atoms with Crippen molar-refractivity contribution in [3.05, 3.63) is 42.2 Å². The molecule has 1 aliphatic heterocycles. The lowest BCUT2D eigenvalue weighted by Crippen LogP contribution is -2.37. The fourth-order valence-electron chi connectivity index (χ4n) is 2.85. The second kappa shape index (κ2) is 7.26. The molecule has 1 aromatic carbocycles. The largest absolute Gasteiger partial charge is 0.274 e. The number of aromatic nitrogens is 2. The summed E-state index contributed by atoms with van der Waals surface area (Å²) in [6, 6.07) is 2.21. The Morgan fingerprint density at radius 1 is 0.963 bits per heavy atom. The molecule has 0 atom stereocenters. The molecule has 0 amide bonds. The Balaban J connectivity index is 1.83. The molecule has 2 heterocycles. The summed E-state index contributed by atoms with van der Waals surface area (Å²) in [6.07, 6.45) is 2.80. The summed E-state index contributed by atoms with van der Waals surface area (Å²) in [5, 5.41) is 3.84. The number of aryl methyl sites for hydroxylation is 1. The van der Waals surface area contributed by atoms with Crippen LogP contribution in [0.15, 0.2) is 40.4 Å². The highest BCUT2D eigenvalue weighted by Gasteiger charge is 2.33. The van der Waals surface area contributed by atoms with Crippen LogP contribution >= 0.6 is 0 Å². The van der Waals surface area contributed by atoms with E-state index in [9.17, 15) is 25.6 Å².